The molecule has 23 heavy (non-hydrogen) atoms. The van der Waals surface area contributed by atoms with Crippen molar-refractivity contribution in [2.45, 2.75) is 26.0 Å². The van der Waals surface area contributed by atoms with Crippen molar-refractivity contribution in [1.82, 2.24) is 10.5 Å². The van der Waals surface area contributed by atoms with Crippen LogP contribution in [0.5, 0.6) is 11.5 Å². The molecule has 0 aliphatic carbocycles. The second-order valence-electron chi connectivity index (χ2n) is 5.51. The van der Waals surface area contributed by atoms with Crippen molar-refractivity contribution in [3.05, 3.63) is 59.7 Å². The molecule has 0 saturated carbocycles. The van der Waals surface area contributed by atoms with Crippen LogP contribution < -0.4 is 16.0 Å². The number of carbonyl (C=O) groups excluding carboxylic acids is 1. The van der Waals surface area contributed by atoms with Gasteiger partial charge in [-0.3, -0.25) is 10.3 Å². The molecule has 0 radical (unpaired) electrons. The number of nitrogens with zero attached hydrogens (tertiary/aromatic N) is 1. The summed E-state index contributed by atoms with van der Waals surface area (Å²) in [7, 11) is 0. The molecule has 6 nitrogen and oxygen atoms in total. The average Bonchev–Trinajstić information content (AvgIpc) is 2.57. The van der Waals surface area contributed by atoms with E-state index in [4.69, 9.17) is 15.4 Å². The fourth-order valence-electron chi connectivity index (χ4n) is 2.65. The molecule has 1 aliphatic heterocycles. The highest BCUT2D eigenvalue weighted by Gasteiger charge is 2.35. The molecule has 6 heteroatoms. The first kappa shape index (κ1) is 15.3. The van der Waals surface area contributed by atoms with Gasteiger partial charge in [0.15, 0.2) is 0 Å². The summed E-state index contributed by atoms with van der Waals surface area (Å²) in [6.45, 7) is 3.71. The number of hydrogen-bond acceptors (Lipinski definition) is 4. The van der Waals surface area contributed by atoms with E-state index in [1.165, 1.54) is 5.06 Å². The van der Waals surface area contributed by atoms with E-state index in [9.17, 15) is 4.79 Å². The number of nitrogens with one attached hydrogen (secondary N) is 1. The summed E-state index contributed by atoms with van der Waals surface area (Å²) < 4.78 is 5.93. The number of rotatable bonds is 3. The number of hydrazine groups is 1. The van der Waals surface area contributed by atoms with E-state index in [2.05, 4.69) is 5.43 Å². The summed E-state index contributed by atoms with van der Waals surface area (Å²) >= 11 is 0. The number of nitrogens with two attached hydrogens (primary N) is 1. The van der Waals surface area contributed by atoms with Crippen molar-refractivity contribution < 1.29 is 14.4 Å². The largest absolute Gasteiger partial charge is 0.457 e. The normalized spacial score (nSPS) is 13.0. The Morgan fingerprint density at radius 1 is 1.13 bits per heavy atom. The van der Waals surface area contributed by atoms with Crippen LogP contribution in [0.25, 0.3) is 0 Å². The smallest absolute Gasteiger partial charge is 0.356 e. The standard InChI is InChI=1S/C17H19N3O3/c1-11(2)23-20(17(21)19-18)16-12-7-3-5-9-14(12)22-15-10-6-4-8-13(15)16/h3-11,16H,18H2,1-2H3,(H,19,21). The Balaban J connectivity index is 2.14. The molecular weight excluding hydrogens is 294 g/mol. The van der Waals surface area contributed by atoms with Crippen molar-refractivity contribution in [1.29, 1.82) is 0 Å². The van der Waals surface area contributed by atoms with Crippen LogP contribution in [0.3, 0.4) is 0 Å². The zero-order chi connectivity index (χ0) is 16.4. The number of hydroxylamine groups is 2. The minimum atomic E-state index is -0.518. The van der Waals surface area contributed by atoms with Crippen LogP contribution in [0, 0.1) is 0 Å². The molecule has 3 rings (SSSR count). The predicted octanol–water partition coefficient (Wildman–Crippen LogP) is 3.11. The lowest BCUT2D eigenvalue weighted by Crippen LogP contribution is -2.47. The van der Waals surface area contributed by atoms with Crippen molar-refractivity contribution in [3.8, 4) is 11.5 Å². The number of benzene rings is 2. The topological polar surface area (TPSA) is 76.8 Å². The van der Waals surface area contributed by atoms with Gasteiger partial charge >= 0.3 is 6.03 Å². The van der Waals surface area contributed by atoms with Gasteiger partial charge in [-0.05, 0) is 26.0 Å². The maximum Gasteiger partial charge on any atom is 0.356 e. The lowest BCUT2D eigenvalue weighted by molar-refractivity contribution is -0.167. The number of urea groups is 1. The van der Waals surface area contributed by atoms with Crippen molar-refractivity contribution in [2.24, 2.45) is 5.84 Å². The number of hydrogen-bond donors (Lipinski definition) is 2. The Bertz CT molecular complexity index is 672. The lowest BCUT2D eigenvalue weighted by Gasteiger charge is -2.36. The molecule has 0 aromatic heterocycles. The van der Waals surface area contributed by atoms with E-state index >= 15 is 0 Å². The lowest BCUT2D eigenvalue weighted by atomic mass is 9.94. The molecule has 2 aromatic carbocycles. The molecule has 2 amide bonds. The SMILES string of the molecule is CC(C)ON(C(=O)NN)C1c2ccccc2Oc2ccccc21. The van der Waals surface area contributed by atoms with Gasteiger partial charge in [-0.2, -0.15) is 5.06 Å². The summed E-state index contributed by atoms with van der Waals surface area (Å²) in [6.07, 6.45) is -0.186. The maximum absolute atomic E-state index is 12.3. The zero-order valence-electron chi connectivity index (χ0n) is 13.0. The van der Waals surface area contributed by atoms with E-state index in [1.54, 1.807) is 0 Å². The van der Waals surface area contributed by atoms with Crippen LogP contribution >= 0.6 is 0 Å². The highest BCUT2D eigenvalue weighted by Crippen LogP contribution is 2.45. The quantitative estimate of drug-likeness (QED) is 0.518. The van der Waals surface area contributed by atoms with E-state index in [1.807, 2.05) is 62.4 Å². The van der Waals surface area contributed by atoms with E-state index < -0.39 is 12.1 Å². The molecule has 1 heterocycles. The summed E-state index contributed by atoms with van der Waals surface area (Å²) in [6, 6.07) is 14.2. The first-order valence-electron chi connectivity index (χ1n) is 7.44. The van der Waals surface area contributed by atoms with Gasteiger partial charge in [-0.1, -0.05) is 36.4 Å². The van der Waals surface area contributed by atoms with Gasteiger partial charge in [0.1, 0.15) is 17.5 Å². The van der Waals surface area contributed by atoms with Crippen LogP contribution in [0.15, 0.2) is 48.5 Å². The molecule has 0 saturated heterocycles. The van der Waals surface area contributed by atoms with Crippen LogP contribution in [0.1, 0.15) is 31.0 Å². The fourth-order valence-corrected chi connectivity index (χ4v) is 2.65. The molecule has 1 aliphatic rings. The number of carbonyl (C=O) groups is 1. The minimum absolute atomic E-state index is 0.186. The first-order chi connectivity index (χ1) is 11.1. The molecular formula is C17H19N3O3. The molecule has 0 spiro atoms. The Kier molecular flexibility index (Phi) is 4.18. The van der Waals surface area contributed by atoms with Gasteiger partial charge in [-0.15, -0.1) is 0 Å². The Hall–Kier alpha value is -2.57. The van der Waals surface area contributed by atoms with Crippen molar-refractivity contribution >= 4 is 6.03 Å². The number of fused-ring (bicyclic) bond motifs is 2. The van der Waals surface area contributed by atoms with Crippen LogP contribution in [-0.4, -0.2) is 17.2 Å². The van der Waals surface area contributed by atoms with Crippen LogP contribution in [-0.2, 0) is 4.84 Å². The number of para-hydroxylation sites is 2. The Labute approximate surface area is 134 Å². The molecule has 120 valence electrons. The predicted molar refractivity (Wildman–Crippen MR) is 85.6 cm³/mol. The molecule has 2 aromatic rings. The van der Waals surface area contributed by atoms with E-state index in [-0.39, 0.29) is 6.10 Å². The summed E-state index contributed by atoms with van der Waals surface area (Å²) in [5.74, 6) is 6.73. The fraction of sp³-hybridized carbons (Fsp3) is 0.235. The first-order valence-corrected chi connectivity index (χ1v) is 7.44. The summed E-state index contributed by atoms with van der Waals surface area (Å²) in [5.41, 5.74) is 3.84. The second kappa shape index (κ2) is 6.28. The minimum Gasteiger partial charge on any atom is -0.457 e. The second-order valence-corrected chi connectivity index (χ2v) is 5.51. The maximum atomic E-state index is 12.3. The average molecular weight is 313 g/mol. The van der Waals surface area contributed by atoms with Gasteiger partial charge in [0.25, 0.3) is 0 Å². The molecule has 0 unspecified atom stereocenters. The number of ether oxygens (including phenoxy) is 1. The summed E-state index contributed by atoms with van der Waals surface area (Å²) in [4.78, 5) is 18.0. The molecule has 3 N–H and O–H groups in total. The van der Waals surface area contributed by atoms with Crippen LogP contribution in [0.4, 0.5) is 4.79 Å². The van der Waals surface area contributed by atoms with E-state index in [0.717, 1.165) is 11.1 Å². The molecule has 0 fully saturated rings. The zero-order valence-corrected chi connectivity index (χ0v) is 13.0. The van der Waals surface area contributed by atoms with Gasteiger partial charge in [0, 0.05) is 11.1 Å². The molecule has 0 bridgehead atoms. The van der Waals surface area contributed by atoms with Gasteiger partial charge in [0.05, 0.1) is 6.10 Å². The van der Waals surface area contributed by atoms with Crippen molar-refractivity contribution in [2.75, 3.05) is 0 Å². The Morgan fingerprint density at radius 3 is 2.13 bits per heavy atom. The molecule has 0 atom stereocenters. The summed E-state index contributed by atoms with van der Waals surface area (Å²) in [5, 5.41) is 1.27. The third kappa shape index (κ3) is 2.86. The highest BCUT2D eigenvalue weighted by atomic mass is 16.7. The van der Waals surface area contributed by atoms with Gasteiger partial charge in [-0.25, -0.2) is 10.6 Å². The monoisotopic (exact) mass is 313 g/mol. The third-order valence-electron chi connectivity index (χ3n) is 3.53. The third-order valence-corrected chi connectivity index (χ3v) is 3.53. The van der Waals surface area contributed by atoms with Crippen molar-refractivity contribution in [3.63, 3.8) is 0 Å². The van der Waals surface area contributed by atoms with Gasteiger partial charge < -0.3 is 4.74 Å². The van der Waals surface area contributed by atoms with Crippen LogP contribution in [0.2, 0.25) is 0 Å². The Morgan fingerprint density at radius 2 is 1.65 bits per heavy atom. The van der Waals surface area contributed by atoms with E-state index in [0.29, 0.717) is 11.5 Å². The highest BCUT2D eigenvalue weighted by molar-refractivity contribution is 5.74. The number of amides is 2. The van der Waals surface area contributed by atoms with Gasteiger partial charge in [0.2, 0.25) is 0 Å².